The molecule has 1 aliphatic carbocycles. The topological polar surface area (TPSA) is 34.9 Å². The summed E-state index contributed by atoms with van der Waals surface area (Å²) < 4.78 is 1.76. The zero-order valence-corrected chi connectivity index (χ0v) is 11.6. The van der Waals surface area contributed by atoms with Gasteiger partial charge in [0.15, 0.2) is 0 Å². The maximum Gasteiger partial charge on any atom is 0.257 e. The van der Waals surface area contributed by atoms with E-state index in [1.54, 1.807) is 4.57 Å². The van der Waals surface area contributed by atoms with Crippen molar-refractivity contribution in [2.24, 2.45) is 0 Å². The standard InChI is InChI=1S/C15H15ClN2O/c1-10-17-14-4-2-3-13(14)15(19)18(10)9-11-5-7-12(16)8-6-11/h5-8H,2-4,9H2,1H3. The molecule has 4 heteroatoms. The van der Waals surface area contributed by atoms with Crippen LogP contribution < -0.4 is 5.56 Å². The predicted octanol–water partition coefficient (Wildman–Crippen LogP) is 2.74. The van der Waals surface area contributed by atoms with Crippen molar-refractivity contribution in [2.75, 3.05) is 0 Å². The third-order valence-electron chi connectivity index (χ3n) is 3.63. The maximum absolute atomic E-state index is 12.4. The van der Waals surface area contributed by atoms with E-state index in [9.17, 15) is 4.79 Å². The first-order valence-corrected chi connectivity index (χ1v) is 6.86. The Bertz CT molecular complexity index is 674. The fourth-order valence-corrected chi connectivity index (χ4v) is 2.73. The van der Waals surface area contributed by atoms with Gasteiger partial charge in [-0.25, -0.2) is 4.98 Å². The number of rotatable bonds is 2. The summed E-state index contributed by atoms with van der Waals surface area (Å²) in [5, 5.41) is 0.708. The number of aromatic nitrogens is 2. The van der Waals surface area contributed by atoms with Gasteiger partial charge in [-0.05, 0) is 43.9 Å². The molecule has 0 amide bonds. The van der Waals surface area contributed by atoms with Gasteiger partial charge in [-0.1, -0.05) is 23.7 Å². The van der Waals surface area contributed by atoms with E-state index in [1.165, 1.54) is 0 Å². The van der Waals surface area contributed by atoms with Gasteiger partial charge in [-0.2, -0.15) is 0 Å². The van der Waals surface area contributed by atoms with Crippen molar-refractivity contribution in [2.45, 2.75) is 32.7 Å². The smallest absolute Gasteiger partial charge is 0.257 e. The normalized spacial score (nSPS) is 13.6. The van der Waals surface area contributed by atoms with E-state index in [-0.39, 0.29) is 5.56 Å². The molecule has 0 radical (unpaired) electrons. The van der Waals surface area contributed by atoms with Crippen molar-refractivity contribution in [3.8, 4) is 0 Å². The Morgan fingerprint density at radius 2 is 2.00 bits per heavy atom. The second-order valence-corrected chi connectivity index (χ2v) is 5.39. The monoisotopic (exact) mass is 274 g/mol. The van der Waals surface area contributed by atoms with Crippen LogP contribution in [0.25, 0.3) is 0 Å². The van der Waals surface area contributed by atoms with Gasteiger partial charge in [0.05, 0.1) is 12.2 Å². The summed E-state index contributed by atoms with van der Waals surface area (Å²) in [6.07, 6.45) is 2.84. The number of hydrogen-bond acceptors (Lipinski definition) is 2. The average Bonchev–Trinajstić information content (AvgIpc) is 2.85. The predicted molar refractivity (Wildman–Crippen MR) is 75.8 cm³/mol. The molecule has 1 aliphatic rings. The van der Waals surface area contributed by atoms with Gasteiger partial charge in [0.2, 0.25) is 0 Å². The van der Waals surface area contributed by atoms with E-state index >= 15 is 0 Å². The minimum absolute atomic E-state index is 0.120. The van der Waals surface area contributed by atoms with Gasteiger partial charge in [-0.15, -0.1) is 0 Å². The van der Waals surface area contributed by atoms with Crippen molar-refractivity contribution < 1.29 is 0 Å². The molecule has 0 bridgehead atoms. The highest BCUT2D eigenvalue weighted by Crippen LogP contribution is 2.17. The molecule has 98 valence electrons. The molecule has 1 aromatic heterocycles. The van der Waals surface area contributed by atoms with E-state index in [1.807, 2.05) is 31.2 Å². The van der Waals surface area contributed by atoms with E-state index in [2.05, 4.69) is 4.98 Å². The number of hydrogen-bond donors (Lipinski definition) is 0. The first kappa shape index (κ1) is 12.4. The molecule has 0 aliphatic heterocycles. The Morgan fingerprint density at radius 1 is 1.26 bits per heavy atom. The molecule has 2 aromatic rings. The van der Waals surface area contributed by atoms with Gasteiger partial charge in [-0.3, -0.25) is 9.36 Å². The van der Waals surface area contributed by atoms with Gasteiger partial charge in [0, 0.05) is 10.6 Å². The lowest BCUT2D eigenvalue weighted by Crippen LogP contribution is -2.27. The summed E-state index contributed by atoms with van der Waals surface area (Å²) >= 11 is 5.87. The Balaban J connectivity index is 2.02. The molecule has 0 saturated heterocycles. The van der Waals surface area contributed by atoms with Crippen LogP contribution in [0.5, 0.6) is 0 Å². The molecule has 0 N–H and O–H groups in total. The molecule has 0 saturated carbocycles. The summed E-state index contributed by atoms with van der Waals surface area (Å²) in [5.41, 5.74) is 3.08. The number of benzene rings is 1. The number of halogens is 1. The molecular weight excluding hydrogens is 260 g/mol. The van der Waals surface area contributed by atoms with Gasteiger partial charge in [0.1, 0.15) is 5.82 Å². The van der Waals surface area contributed by atoms with Crippen LogP contribution in [0.3, 0.4) is 0 Å². The van der Waals surface area contributed by atoms with Crippen LogP contribution >= 0.6 is 11.6 Å². The maximum atomic E-state index is 12.4. The van der Waals surface area contributed by atoms with Crippen molar-refractivity contribution in [3.05, 3.63) is 62.3 Å². The van der Waals surface area contributed by atoms with Crippen molar-refractivity contribution in [3.63, 3.8) is 0 Å². The largest absolute Gasteiger partial charge is 0.292 e. The van der Waals surface area contributed by atoms with E-state index < -0.39 is 0 Å². The van der Waals surface area contributed by atoms with Gasteiger partial charge >= 0.3 is 0 Å². The minimum atomic E-state index is 0.120. The lowest BCUT2D eigenvalue weighted by Gasteiger charge is -2.11. The van der Waals surface area contributed by atoms with Crippen molar-refractivity contribution in [1.82, 2.24) is 9.55 Å². The first-order chi connectivity index (χ1) is 9.15. The SMILES string of the molecule is Cc1nc2c(c(=O)n1Cc1ccc(Cl)cc1)CCC2. The number of nitrogens with zero attached hydrogens (tertiary/aromatic N) is 2. The lowest BCUT2D eigenvalue weighted by atomic mass is 10.2. The van der Waals surface area contributed by atoms with Crippen molar-refractivity contribution in [1.29, 1.82) is 0 Å². The van der Waals surface area contributed by atoms with Crippen LogP contribution in [0, 0.1) is 6.92 Å². The first-order valence-electron chi connectivity index (χ1n) is 6.49. The fraction of sp³-hybridized carbons (Fsp3) is 0.333. The summed E-state index contributed by atoms with van der Waals surface area (Å²) in [6, 6.07) is 7.58. The van der Waals surface area contributed by atoms with Crippen LogP contribution in [-0.2, 0) is 19.4 Å². The summed E-state index contributed by atoms with van der Waals surface area (Å²) in [5.74, 6) is 0.792. The quantitative estimate of drug-likeness (QED) is 0.844. The molecule has 19 heavy (non-hydrogen) atoms. The zero-order chi connectivity index (χ0) is 13.4. The van der Waals surface area contributed by atoms with E-state index in [0.29, 0.717) is 11.6 Å². The molecule has 3 rings (SSSR count). The Morgan fingerprint density at radius 3 is 2.74 bits per heavy atom. The molecule has 0 atom stereocenters. The molecule has 0 spiro atoms. The molecule has 3 nitrogen and oxygen atoms in total. The second-order valence-electron chi connectivity index (χ2n) is 4.96. The fourth-order valence-electron chi connectivity index (χ4n) is 2.61. The lowest BCUT2D eigenvalue weighted by molar-refractivity contribution is 0.686. The zero-order valence-electron chi connectivity index (χ0n) is 10.8. The van der Waals surface area contributed by atoms with Crippen LogP contribution in [0.1, 0.15) is 29.1 Å². The average molecular weight is 275 g/mol. The Kier molecular flexibility index (Phi) is 3.15. The van der Waals surface area contributed by atoms with Crippen LogP contribution in [0.2, 0.25) is 5.02 Å². The number of aryl methyl sites for hydroxylation is 2. The number of fused-ring (bicyclic) bond motifs is 1. The van der Waals surface area contributed by atoms with Crippen molar-refractivity contribution >= 4 is 11.6 Å². The van der Waals surface area contributed by atoms with E-state index in [0.717, 1.165) is 41.9 Å². The second kappa shape index (κ2) is 4.82. The van der Waals surface area contributed by atoms with Crippen LogP contribution in [0.4, 0.5) is 0 Å². The highest BCUT2D eigenvalue weighted by Gasteiger charge is 2.19. The van der Waals surface area contributed by atoms with Crippen LogP contribution in [0.15, 0.2) is 29.1 Å². The summed E-state index contributed by atoms with van der Waals surface area (Å²) in [7, 11) is 0. The molecule has 0 unspecified atom stereocenters. The highest BCUT2D eigenvalue weighted by molar-refractivity contribution is 6.30. The van der Waals surface area contributed by atoms with E-state index in [4.69, 9.17) is 11.6 Å². The highest BCUT2D eigenvalue weighted by atomic mass is 35.5. The molecule has 1 heterocycles. The third-order valence-corrected chi connectivity index (χ3v) is 3.89. The minimum Gasteiger partial charge on any atom is -0.292 e. The third kappa shape index (κ3) is 2.30. The van der Waals surface area contributed by atoms with Crippen LogP contribution in [-0.4, -0.2) is 9.55 Å². The molecule has 1 aromatic carbocycles. The summed E-state index contributed by atoms with van der Waals surface area (Å²) in [4.78, 5) is 17.0. The van der Waals surface area contributed by atoms with Gasteiger partial charge < -0.3 is 0 Å². The molecule has 0 fully saturated rings. The Labute approximate surface area is 116 Å². The Hall–Kier alpha value is -1.61. The molecular formula is C15H15ClN2O. The summed E-state index contributed by atoms with van der Waals surface area (Å²) in [6.45, 7) is 2.46. The van der Waals surface area contributed by atoms with Gasteiger partial charge in [0.25, 0.3) is 5.56 Å².